The number of hydrogen-bond acceptors (Lipinski definition) is 4. The minimum absolute atomic E-state index is 0.0856. The first-order valence-corrected chi connectivity index (χ1v) is 6.20. The SMILES string of the molecule is COCCN(c1ccc(F)cc1C(N)=NO)C1CC1. The zero-order valence-electron chi connectivity index (χ0n) is 10.8. The van der Waals surface area contributed by atoms with Crippen molar-refractivity contribution >= 4 is 11.5 Å². The third-order valence-electron chi connectivity index (χ3n) is 3.18. The zero-order chi connectivity index (χ0) is 13.8. The number of benzene rings is 1. The van der Waals surface area contributed by atoms with E-state index in [0.717, 1.165) is 18.5 Å². The van der Waals surface area contributed by atoms with Gasteiger partial charge in [0.15, 0.2) is 5.84 Å². The van der Waals surface area contributed by atoms with E-state index in [2.05, 4.69) is 10.1 Å². The number of rotatable bonds is 6. The van der Waals surface area contributed by atoms with Gasteiger partial charge < -0.3 is 20.6 Å². The molecule has 0 radical (unpaired) electrons. The first kappa shape index (κ1) is 13.6. The lowest BCUT2D eigenvalue weighted by atomic mass is 10.1. The molecule has 0 bridgehead atoms. The standard InChI is InChI=1S/C13H18FN3O2/c1-19-7-6-17(10-3-4-10)12-5-2-9(14)8-11(12)13(15)16-18/h2,5,8,10,18H,3-4,6-7H2,1H3,(H2,15,16). The fourth-order valence-corrected chi connectivity index (χ4v) is 2.09. The predicted molar refractivity (Wildman–Crippen MR) is 71.2 cm³/mol. The van der Waals surface area contributed by atoms with Crippen LogP contribution < -0.4 is 10.6 Å². The van der Waals surface area contributed by atoms with Crippen LogP contribution in [0.3, 0.4) is 0 Å². The van der Waals surface area contributed by atoms with Gasteiger partial charge in [-0.2, -0.15) is 0 Å². The minimum atomic E-state index is -0.409. The van der Waals surface area contributed by atoms with Crippen LogP contribution >= 0.6 is 0 Å². The molecule has 104 valence electrons. The van der Waals surface area contributed by atoms with Crippen LogP contribution in [0.25, 0.3) is 0 Å². The molecule has 0 unspecified atom stereocenters. The van der Waals surface area contributed by atoms with Crippen molar-refractivity contribution in [3.05, 3.63) is 29.6 Å². The van der Waals surface area contributed by atoms with Crippen LogP contribution in [0, 0.1) is 5.82 Å². The van der Waals surface area contributed by atoms with Crippen molar-refractivity contribution in [3.63, 3.8) is 0 Å². The Kier molecular flexibility index (Phi) is 4.21. The van der Waals surface area contributed by atoms with Crippen LogP contribution in [0.15, 0.2) is 23.4 Å². The van der Waals surface area contributed by atoms with E-state index in [4.69, 9.17) is 15.7 Å². The summed E-state index contributed by atoms with van der Waals surface area (Å²) in [6, 6.07) is 4.75. The second-order valence-corrected chi connectivity index (χ2v) is 4.56. The number of halogens is 1. The highest BCUT2D eigenvalue weighted by atomic mass is 19.1. The van der Waals surface area contributed by atoms with Crippen LogP contribution in [0.1, 0.15) is 18.4 Å². The Bertz CT molecular complexity index is 475. The summed E-state index contributed by atoms with van der Waals surface area (Å²) in [7, 11) is 1.64. The van der Waals surface area contributed by atoms with E-state index in [9.17, 15) is 4.39 Å². The fraction of sp³-hybridized carbons (Fsp3) is 0.462. The molecule has 2 rings (SSSR count). The van der Waals surface area contributed by atoms with Crippen molar-refractivity contribution in [2.45, 2.75) is 18.9 Å². The van der Waals surface area contributed by atoms with Crippen molar-refractivity contribution < 1.29 is 14.3 Å². The van der Waals surface area contributed by atoms with E-state index in [0.29, 0.717) is 24.8 Å². The van der Waals surface area contributed by atoms with Gasteiger partial charge in [0.05, 0.1) is 6.61 Å². The first-order valence-electron chi connectivity index (χ1n) is 6.20. The highest BCUT2D eigenvalue weighted by molar-refractivity contribution is 6.02. The number of hydrogen-bond donors (Lipinski definition) is 2. The third kappa shape index (κ3) is 3.14. The van der Waals surface area contributed by atoms with Gasteiger partial charge in [0, 0.05) is 30.9 Å². The summed E-state index contributed by atoms with van der Waals surface area (Å²) in [5, 5.41) is 11.8. The molecule has 0 saturated heterocycles. The topological polar surface area (TPSA) is 71.1 Å². The largest absolute Gasteiger partial charge is 0.409 e. The predicted octanol–water partition coefficient (Wildman–Crippen LogP) is 1.54. The molecule has 0 amide bonds. The normalized spacial score (nSPS) is 15.6. The maximum absolute atomic E-state index is 13.3. The Morgan fingerprint density at radius 1 is 1.58 bits per heavy atom. The van der Waals surface area contributed by atoms with Crippen molar-refractivity contribution in [2.75, 3.05) is 25.2 Å². The number of nitrogens with two attached hydrogens (primary N) is 1. The van der Waals surface area contributed by atoms with E-state index in [1.807, 2.05) is 0 Å². The summed E-state index contributed by atoms with van der Waals surface area (Å²) in [6.07, 6.45) is 2.19. The van der Waals surface area contributed by atoms with E-state index in [-0.39, 0.29) is 5.84 Å². The van der Waals surface area contributed by atoms with Crippen molar-refractivity contribution in [3.8, 4) is 0 Å². The van der Waals surface area contributed by atoms with Crippen molar-refractivity contribution in [2.24, 2.45) is 10.9 Å². The molecule has 3 N–H and O–H groups in total. The van der Waals surface area contributed by atoms with Gasteiger partial charge in [0.25, 0.3) is 0 Å². The summed E-state index contributed by atoms with van der Waals surface area (Å²) >= 11 is 0. The molecular formula is C13H18FN3O2. The molecule has 1 saturated carbocycles. The average Bonchev–Trinajstić information content (AvgIpc) is 3.24. The van der Waals surface area contributed by atoms with Crippen LogP contribution in [0.2, 0.25) is 0 Å². The van der Waals surface area contributed by atoms with Gasteiger partial charge in [-0.05, 0) is 31.0 Å². The van der Waals surface area contributed by atoms with Crippen molar-refractivity contribution in [1.82, 2.24) is 0 Å². The van der Waals surface area contributed by atoms with E-state index < -0.39 is 5.82 Å². The summed E-state index contributed by atoms with van der Waals surface area (Å²) in [6.45, 7) is 1.27. The molecule has 1 fully saturated rings. The maximum Gasteiger partial charge on any atom is 0.172 e. The second kappa shape index (κ2) is 5.88. The molecule has 0 heterocycles. The molecule has 0 aromatic heterocycles. The fourth-order valence-electron chi connectivity index (χ4n) is 2.09. The van der Waals surface area contributed by atoms with Gasteiger partial charge in [0.1, 0.15) is 5.82 Å². The average molecular weight is 267 g/mol. The monoisotopic (exact) mass is 267 g/mol. The number of anilines is 1. The van der Waals surface area contributed by atoms with Gasteiger partial charge in [-0.1, -0.05) is 5.16 Å². The first-order chi connectivity index (χ1) is 9.17. The molecule has 1 aliphatic carbocycles. The summed E-state index contributed by atoms with van der Waals surface area (Å²) < 4.78 is 18.4. The number of ether oxygens (including phenoxy) is 1. The lowest BCUT2D eigenvalue weighted by molar-refractivity contribution is 0.205. The number of methoxy groups -OCH3 is 1. The Labute approximate surface area is 111 Å². The molecular weight excluding hydrogens is 249 g/mol. The highest BCUT2D eigenvalue weighted by Crippen LogP contribution is 2.33. The quantitative estimate of drug-likeness (QED) is 0.355. The number of oxime groups is 1. The van der Waals surface area contributed by atoms with Gasteiger partial charge in [-0.15, -0.1) is 0 Å². The lowest BCUT2D eigenvalue weighted by Gasteiger charge is -2.26. The second-order valence-electron chi connectivity index (χ2n) is 4.56. The van der Waals surface area contributed by atoms with E-state index in [1.165, 1.54) is 12.1 Å². The Balaban J connectivity index is 2.35. The summed E-state index contributed by atoms with van der Waals surface area (Å²) in [4.78, 5) is 2.12. The number of nitrogens with zero attached hydrogens (tertiary/aromatic N) is 2. The zero-order valence-corrected chi connectivity index (χ0v) is 10.8. The molecule has 6 heteroatoms. The molecule has 19 heavy (non-hydrogen) atoms. The molecule has 0 aliphatic heterocycles. The van der Waals surface area contributed by atoms with Crippen molar-refractivity contribution in [1.29, 1.82) is 0 Å². The molecule has 0 spiro atoms. The van der Waals surface area contributed by atoms with Crippen LogP contribution in [0.5, 0.6) is 0 Å². The van der Waals surface area contributed by atoms with E-state index in [1.54, 1.807) is 13.2 Å². The van der Waals surface area contributed by atoms with Crippen LogP contribution in [-0.2, 0) is 4.74 Å². The molecule has 5 nitrogen and oxygen atoms in total. The maximum atomic E-state index is 13.3. The minimum Gasteiger partial charge on any atom is -0.409 e. The summed E-state index contributed by atoms with van der Waals surface area (Å²) in [5.74, 6) is -0.495. The third-order valence-corrected chi connectivity index (χ3v) is 3.18. The lowest BCUT2D eigenvalue weighted by Crippen LogP contribution is -2.32. The van der Waals surface area contributed by atoms with Gasteiger partial charge in [-0.3, -0.25) is 0 Å². The smallest absolute Gasteiger partial charge is 0.172 e. The molecule has 1 aliphatic rings. The number of amidine groups is 1. The van der Waals surface area contributed by atoms with Gasteiger partial charge in [0.2, 0.25) is 0 Å². The Morgan fingerprint density at radius 2 is 2.32 bits per heavy atom. The molecule has 1 aromatic rings. The summed E-state index contributed by atoms with van der Waals surface area (Å²) in [5.41, 5.74) is 6.81. The Morgan fingerprint density at radius 3 is 2.89 bits per heavy atom. The highest BCUT2D eigenvalue weighted by Gasteiger charge is 2.30. The van der Waals surface area contributed by atoms with Gasteiger partial charge >= 0.3 is 0 Å². The van der Waals surface area contributed by atoms with E-state index >= 15 is 0 Å². The molecule has 0 atom stereocenters. The Hall–Kier alpha value is -1.82. The van der Waals surface area contributed by atoms with Crippen LogP contribution in [-0.4, -0.2) is 37.3 Å². The molecule has 1 aromatic carbocycles. The van der Waals surface area contributed by atoms with Gasteiger partial charge in [-0.25, -0.2) is 4.39 Å². The van der Waals surface area contributed by atoms with Crippen LogP contribution in [0.4, 0.5) is 10.1 Å².